The second kappa shape index (κ2) is 5.14. The van der Waals surface area contributed by atoms with Crippen LogP contribution in [-0.2, 0) is 4.74 Å². The molecule has 1 heterocycles. The van der Waals surface area contributed by atoms with Crippen molar-refractivity contribution in [3.8, 4) is 5.75 Å². The van der Waals surface area contributed by atoms with Gasteiger partial charge in [-0.15, -0.1) is 0 Å². The van der Waals surface area contributed by atoms with Gasteiger partial charge in [0.05, 0.1) is 12.2 Å². The number of hydrogen-bond donors (Lipinski definition) is 1. The Kier molecular flexibility index (Phi) is 3.58. The number of benzene rings is 1. The standard InChI is InChI=1S/C12H13FO4/c13-11-6-8(3-4-10(11)12(14)15)17-9-2-1-5-16-7-9/h3-4,6,9H,1-2,5,7H2,(H,14,15). The highest BCUT2D eigenvalue weighted by molar-refractivity contribution is 5.88. The zero-order valence-corrected chi connectivity index (χ0v) is 9.19. The number of aromatic carboxylic acids is 1. The van der Waals surface area contributed by atoms with E-state index in [2.05, 4.69) is 0 Å². The molecule has 4 nitrogen and oxygen atoms in total. The molecule has 0 radical (unpaired) electrons. The molecule has 1 saturated heterocycles. The molecule has 1 aliphatic rings. The van der Waals surface area contributed by atoms with Crippen molar-refractivity contribution in [1.82, 2.24) is 0 Å². The lowest BCUT2D eigenvalue weighted by Crippen LogP contribution is -2.28. The minimum absolute atomic E-state index is 0.0844. The zero-order chi connectivity index (χ0) is 12.3. The average molecular weight is 240 g/mol. The van der Waals surface area contributed by atoms with E-state index in [-0.39, 0.29) is 11.7 Å². The van der Waals surface area contributed by atoms with Crippen LogP contribution in [0.4, 0.5) is 4.39 Å². The van der Waals surface area contributed by atoms with E-state index in [1.54, 1.807) is 0 Å². The summed E-state index contributed by atoms with van der Waals surface area (Å²) in [5.74, 6) is -1.73. The number of halogens is 1. The molecule has 2 rings (SSSR count). The summed E-state index contributed by atoms with van der Waals surface area (Å²) in [6.45, 7) is 1.22. The Labute approximate surface area is 98.0 Å². The number of hydrogen-bond acceptors (Lipinski definition) is 3. The molecule has 1 aliphatic heterocycles. The lowest BCUT2D eigenvalue weighted by molar-refractivity contribution is 0.00730. The molecule has 1 unspecified atom stereocenters. The van der Waals surface area contributed by atoms with Crippen molar-refractivity contribution in [2.45, 2.75) is 18.9 Å². The summed E-state index contributed by atoms with van der Waals surface area (Å²) in [4.78, 5) is 10.6. The monoisotopic (exact) mass is 240 g/mol. The Bertz CT molecular complexity index is 413. The molecule has 1 aromatic rings. The van der Waals surface area contributed by atoms with Gasteiger partial charge in [0.2, 0.25) is 0 Å². The number of carbonyl (C=O) groups is 1. The van der Waals surface area contributed by atoms with E-state index in [9.17, 15) is 9.18 Å². The summed E-state index contributed by atoms with van der Waals surface area (Å²) in [5.41, 5.74) is -0.350. The van der Waals surface area contributed by atoms with Gasteiger partial charge in [-0.05, 0) is 25.0 Å². The summed E-state index contributed by atoms with van der Waals surface area (Å²) in [6.07, 6.45) is 1.70. The van der Waals surface area contributed by atoms with Crippen molar-refractivity contribution < 1.29 is 23.8 Å². The fourth-order valence-electron chi connectivity index (χ4n) is 1.74. The first-order valence-electron chi connectivity index (χ1n) is 5.44. The van der Waals surface area contributed by atoms with Crippen LogP contribution >= 0.6 is 0 Å². The van der Waals surface area contributed by atoms with E-state index in [4.69, 9.17) is 14.6 Å². The fourth-order valence-corrected chi connectivity index (χ4v) is 1.74. The van der Waals surface area contributed by atoms with Gasteiger partial charge in [-0.3, -0.25) is 0 Å². The molecule has 1 atom stereocenters. The number of rotatable bonds is 3. The van der Waals surface area contributed by atoms with Gasteiger partial charge in [0, 0.05) is 12.7 Å². The summed E-state index contributed by atoms with van der Waals surface area (Å²) < 4.78 is 24.1. The highest BCUT2D eigenvalue weighted by Crippen LogP contribution is 2.20. The number of carboxylic acid groups (broad SMARTS) is 1. The van der Waals surface area contributed by atoms with E-state index in [0.29, 0.717) is 12.4 Å². The van der Waals surface area contributed by atoms with Crippen LogP contribution in [0.2, 0.25) is 0 Å². The minimum Gasteiger partial charge on any atom is -0.488 e. The van der Waals surface area contributed by atoms with Crippen molar-refractivity contribution in [3.05, 3.63) is 29.6 Å². The average Bonchev–Trinajstić information content (AvgIpc) is 2.30. The molecule has 17 heavy (non-hydrogen) atoms. The van der Waals surface area contributed by atoms with E-state index in [0.717, 1.165) is 25.5 Å². The first-order chi connectivity index (χ1) is 8.16. The van der Waals surface area contributed by atoms with Crippen LogP contribution in [0.3, 0.4) is 0 Å². The zero-order valence-electron chi connectivity index (χ0n) is 9.19. The van der Waals surface area contributed by atoms with Crippen LogP contribution in [0.15, 0.2) is 18.2 Å². The Hall–Kier alpha value is -1.62. The molecule has 0 amide bonds. The second-order valence-electron chi connectivity index (χ2n) is 3.90. The maximum atomic E-state index is 13.4. The molecule has 0 aromatic heterocycles. The van der Waals surface area contributed by atoms with Gasteiger partial charge in [-0.1, -0.05) is 0 Å². The van der Waals surface area contributed by atoms with E-state index >= 15 is 0 Å². The predicted molar refractivity (Wildman–Crippen MR) is 57.8 cm³/mol. The molecule has 0 saturated carbocycles. The third-order valence-corrected chi connectivity index (χ3v) is 2.59. The summed E-state index contributed by atoms with van der Waals surface area (Å²) in [6, 6.07) is 3.76. The van der Waals surface area contributed by atoms with E-state index in [1.165, 1.54) is 12.1 Å². The summed E-state index contributed by atoms with van der Waals surface area (Å²) in [5, 5.41) is 8.68. The van der Waals surface area contributed by atoms with Crippen molar-refractivity contribution in [3.63, 3.8) is 0 Å². The maximum absolute atomic E-state index is 13.4. The Morgan fingerprint density at radius 3 is 2.94 bits per heavy atom. The molecule has 0 aliphatic carbocycles. The molecular weight excluding hydrogens is 227 g/mol. The molecular formula is C12H13FO4. The topological polar surface area (TPSA) is 55.8 Å². The van der Waals surface area contributed by atoms with Crippen LogP contribution < -0.4 is 4.74 Å². The quantitative estimate of drug-likeness (QED) is 0.878. The highest BCUT2D eigenvalue weighted by atomic mass is 19.1. The normalized spacial score (nSPS) is 19.9. The van der Waals surface area contributed by atoms with Crippen molar-refractivity contribution >= 4 is 5.97 Å². The number of ether oxygens (including phenoxy) is 2. The summed E-state index contributed by atoms with van der Waals surface area (Å²) in [7, 11) is 0. The van der Waals surface area contributed by atoms with Gasteiger partial charge in [0.25, 0.3) is 0 Å². The van der Waals surface area contributed by atoms with Gasteiger partial charge in [-0.2, -0.15) is 0 Å². The van der Waals surface area contributed by atoms with Crippen molar-refractivity contribution in [2.75, 3.05) is 13.2 Å². The lowest BCUT2D eigenvalue weighted by atomic mass is 10.1. The highest BCUT2D eigenvalue weighted by Gasteiger charge is 2.17. The molecule has 1 fully saturated rings. The smallest absolute Gasteiger partial charge is 0.338 e. The van der Waals surface area contributed by atoms with Crippen LogP contribution in [0.1, 0.15) is 23.2 Å². The van der Waals surface area contributed by atoms with E-state index in [1.807, 2.05) is 0 Å². The van der Waals surface area contributed by atoms with Crippen LogP contribution in [0, 0.1) is 5.82 Å². The Morgan fingerprint density at radius 1 is 1.53 bits per heavy atom. The maximum Gasteiger partial charge on any atom is 0.338 e. The molecule has 1 aromatic carbocycles. The van der Waals surface area contributed by atoms with Gasteiger partial charge in [-0.25, -0.2) is 9.18 Å². The van der Waals surface area contributed by atoms with E-state index < -0.39 is 11.8 Å². The Morgan fingerprint density at radius 2 is 2.35 bits per heavy atom. The first kappa shape index (κ1) is 11.9. The largest absolute Gasteiger partial charge is 0.488 e. The molecule has 92 valence electrons. The Balaban J connectivity index is 2.06. The fraction of sp³-hybridized carbons (Fsp3) is 0.417. The third-order valence-electron chi connectivity index (χ3n) is 2.59. The van der Waals surface area contributed by atoms with Crippen molar-refractivity contribution in [2.24, 2.45) is 0 Å². The lowest BCUT2D eigenvalue weighted by Gasteiger charge is -2.23. The SMILES string of the molecule is O=C(O)c1ccc(OC2CCCOC2)cc1F. The minimum atomic E-state index is -1.28. The molecule has 1 N–H and O–H groups in total. The second-order valence-corrected chi connectivity index (χ2v) is 3.90. The molecule has 0 bridgehead atoms. The van der Waals surface area contributed by atoms with Gasteiger partial charge in [0.1, 0.15) is 17.7 Å². The predicted octanol–water partition coefficient (Wildman–Crippen LogP) is 2.08. The van der Waals surface area contributed by atoms with Crippen LogP contribution in [-0.4, -0.2) is 30.4 Å². The summed E-state index contributed by atoms with van der Waals surface area (Å²) >= 11 is 0. The van der Waals surface area contributed by atoms with Gasteiger partial charge >= 0.3 is 5.97 Å². The molecule has 0 spiro atoms. The molecule has 5 heteroatoms. The van der Waals surface area contributed by atoms with Crippen molar-refractivity contribution in [1.29, 1.82) is 0 Å². The van der Waals surface area contributed by atoms with Crippen LogP contribution in [0.25, 0.3) is 0 Å². The van der Waals surface area contributed by atoms with Gasteiger partial charge < -0.3 is 14.6 Å². The third kappa shape index (κ3) is 2.94. The van der Waals surface area contributed by atoms with Gasteiger partial charge in [0.15, 0.2) is 0 Å². The van der Waals surface area contributed by atoms with Crippen LogP contribution in [0.5, 0.6) is 5.75 Å². The number of carboxylic acids is 1. The first-order valence-corrected chi connectivity index (χ1v) is 5.44.